The Hall–Kier alpha value is -2.04. The lowest BCUT2D eigenvalue weighted by Crippen LogP contribution is -2.05. The lowest BCUT2D eigenvalue weighted by Gasteiger charge is -2.08. The average Bonchev–Trinajstić information content (AvgIpc) is 2.81. The minimum atomic E-state index is 0.658. The summed E-state index contributed by atoms with van der Waals surface area (Å²) in [4.78, 5) is 0. The first-order valence-corrected chi connectivity index (χ1v) is 6.09. The molecule has 0 saturated carbocycles. The van der Waals surface area contributed by atoms with Crippen LogP contribution in [0.25, 0.3) is 0 Å². The summed E-state index contributed by atoms with van der Waals surface area (Å²) in [5.74, 6) is 1.81. The number of nitrogens with one attached hydrogen (secondary N) is 1. The molecule has 0 spiro atoms. The Morgan fingerprint density at radius 2 is 2.06 bits per heavy atom. The van der Waals surface area contributed by atoms with E-state index in [2.05, 4.69) is 22.4 Å². The van der Waals surface area contributed by atoms with Crippen LogP contribution >= 0.6 is 0 Å². The van der Waals surface area contributed by atoms with Crippen LogP contribution in [0.3, 0.4) is 0 Å². The van der Waals surface area contributed by atoms with Crippen molar-refractivity contribution in [3.05, 3.63) is 36.4 Å². The van der Waals surface area contributed by atoms with Gasteiger partial charge in [0.2, 0.25) is 0 Å². The van der Waals surface area contributed by atoms with E-state index in [0.29, 0.717) is 6.54 Å². The lowest BCUT2D eigenvalue weighted by molar-refractivity contribution is 0.317. The van der Waals surface area contributed by atoms with Crippen LogP contribution in [0.2, 0.25) is 0 Å². The Bertz CT molecular complexity index is 478. The van der Waals surface area contributed by atoms with Crippen molar-refractivity contribution in [3.8, 4) is 5.75 Å². The first-order chi connectivity index (χ1) is 8.79. The Morgan fingerprint density at radius 1 is 1.28 bits per heavy atom. The highest BCUT2D eigenvalue weighted by atomic mass is 16.5. The van der Waals surface area contributed by atoms with Gasteiger partial charge in [0.15, 0.2) is 5.82 Å². The van der Waals surface area contributed by atoms with Gasteiger partial charge in [-0.05, 0) is 30.7 Å². The molecule has 1 heterocycles. The number of anilines is 1. The third-order valence-electron chi connectivity index (χ3n) is 2.58. The zero-order valence-corrected chi connectivity index (χ0v) is 10.8. The maximum Gasteiger partial charge on any atom is 0.151 e. The summed E-state index contributed by atoms with van der Waals surface area (Å²) in [5.41, 5.74) is 1.04. The standard InChI is InChI=1S/C13H18N4O/c1-3-8-18-12-6-4-11(5-7-12)14-9-13-16-15-10-17(13)2/h4-7,10,14H,3,8-9H2,1-2H3. The molecule has 96 valence electrons. The van der Waals surface area contributed by atoms with Gasteiger partial charge in [-0.15, -0.1) is 10.2 Å². The summed E-state index contributed by atoms with van der Waals surface area (Å²) >= 11 is 0. The molecule has 5 heteroatoms. The maximum atomic E-state index is 5.53. The van der Waals surface area contributed by atoms with Crippen LogP contribution in [0, 0.1) is 0 Å². The highest BCUT2D eigenvalue weighted by molar-refractivity contribution is 5.46. The molecule has 0 radical (unpaired) electrons. The smallest absolute Gasteiger partial charge is 0.151 e. The highest BCUT2D eigenvalue weighted by Gasteiger charge is 2.00. The van der Waals surface area contributed by atoms with Crippen LogP contribution < -0.4 is 10.1 Å². The molecule has 0 saturated heterocycles. The van der Waals surface area contributed by atoms with E-state index >= 15 is 0 Å². The van der Waals surface area contributed by atoms with Gasteiger partial charge in [-0.1, -0.05) is 6.92 Å². The third kappa shape index (κ3) is 3.23. The average molecular weight is 246 g/mol. The zero-order valence-electron chi connectivity index (χ0n) is 10.8. The van der Waals surface area contributed by atoms with Gasteiger partial charge < -0.3 is 14.6 Å². The predicted molar refractivity (Wildman–Crippen MR) is 70.6 cm³/mol. The number of hydrogen-bond acceptors (Lipinski definition) is 4. The predicted octanol–water partition coefficient (Wildman–Crippen LogP) is 2.22. The van der Waals surface area contributed by atoms with Crippen LogP contribution in [0.1, 0.15) is 19.2 Å². The number of benzene rings is 1. The SMILES string of the molecule is CCCOc1ccc(NCc2nncn2C)cc1. The number of nitrogens with zero attached hydrogens (tertiary/aromatic N) is 3. The topological polar surface area (TPSA) is 52.0 Å². The number of aryl methyl sites for hydroxylation is 1. The monoisotopic (exact) mass is 246 g/mol. The first-order valence-electron chi connectivity index (χ1n) is 6.09. The molecule has 0 fully saturated rings. The minimum absolute atomic E-state index is 0.658. The summed E-state index contributed by atoms with van der Waals surface area (Å²) in [6.07, 6.45) is 2.71. The number of rotatable bonds is 6. The molecule has 1 aromatic heterocycles. The molecule has 0 bridgehead atoms. The molecule has 0 unspecified atom stereocenters. The molecule has 2 rings (SSSR count). The van der Waals surface area contributed by atoms with Crippen LogP contribution in [0.5, 0.6) is 5.75 Å². The summed E-state index contributed by atoms with van der Waals surface area (Å²) in [6, 6.07) is 7.94. The number of aromatic nitrogens is 3. The van der Waals surface area contributed by atoms with E-state index < -0.39 is 0 Å². The molecule has 0 aliphatic heterocycles. The molecule has 1 aromatic carbocycles. The molecule has 0 atom stereocenters. The molecular formula is C13H18N4O. The fourth-order valence-electron chi connectivity index (χ4n) is 1.54. The second-order valence-corrected chi connectivity index (χ2v) is 4.08. The van der Waals surface area contributed by atoms with Gasteiger partial charge in [-0.3, -0.25) is 0 Å². The van der Waals surface area contributed by atoms with E-state index in [0.717, 1.165) is 30.3 Å². The molecule has 0 amide bonds. The second kappa shape index (κ2) is 6.05. The Labute approximate surface area is 107 Å². The van der Waals surface area contributed by atoms with Crippen LogP contribution in [0.4, 0.5) is 5.69 Å². The van der Waals surface area contributed by atoms with Crippen molar-refractivity contribution >= 4 is 5.69 Å². The quantitative estimate of drug-likeness (QED) is 0.849. The molecule has 18 heavy (non-hydrogen) atoms. The zero-order chi connectivity index (χ0) is 12.8. The van der Waals surface area contributed by atoms with Crippen molar-refractivity contribution in [2.24, 2.45) is 7.05 Å². The third-order valence-corrected chi connectivity index (χ3v) is 2.58. The minimum Gasteiger partial charge on any atom is -0.494 e. The van der Waals surface area contributed by atoms with Crippen LogP contribution in [-0.2, 0) is 13.6 Å². The van der Waals surface area contributed by atoms with E-state index in [9.17, 15) is 0 Å². The van der Waals surface area contributed by atoms with Crippen molar-refractivity contribution in [1.82, 2.24) is 14.8 Å². The molecule has 2 aromatic rings. The van der Waals surface area contributed by atoms with Crippen molar-refractivity contribution in [1.29, 1.82) is 0 Å². The summed E-state index contributed by atoms with van der Waals surface area (Å²) in [6.45, 7) is 3.51. The number of hydrogen-bond donors (Lipinski definition) is 1. The van der Waals surface area contributed by atoms with Gasteiger partial charge in [-0.2, -0.15) is 0 Å². The van der Waals surface area contributed by atoms with Crippen molar-refractivity contribution < 1.29 is 4.74 Å². The fourth-order valence-corrected chi connectivity index (χ4v) is 1.54. The largest absolute Gasteiger partial charge is 0.494 e. The highest BCUT2D eigenvalue weighted by Crippen LogP contribution is 2.16. The van der Waals surface area contributed by atoms with E-state index in [1.807, 2.05) is 35.9 Å². The Kier molecular flexibility index (Phi) is 4.17. The van der Waals surface area contributed by atoms with Gasteiger partial charge in [0.05, 0.1) is 13.2 Å². The van der Waals surface area contributed by atoms with Crippen LogP contribution in [0.15, 0.2) is 30.6 Å². The van der Waals surface area contributed by atoms with E-state index in [4.69, 9.17) is 4.74 Å². The fraction of sp³-hybridized carbons (Fsp3) is 0.385. The normalized spacial score (nSPS) is 10.3. The van der Waals surface area contributed by atoms with Gasteiger partial charge >= 0.3 is 0 Å². The first kappa shape index (κ1) is 12.4. The molecule has 5 nitrogen and oxygen atoms in total. The Balaban J connectivity index is 1.88. The van der Waals surface area contributed by atoms with Gasteiger partial charge in [0, 0.05) is 12.7 Å². The maximum absolute atomic E-state index is 5.53. The van der Waals surface area contributed by atoms with Crippen molar-refractivity contribution in [3.63, 3.8) is 0 Å². The van der Waals surface area contributed by atoms with Gasteiger partial charge in [0.1, 0.15) is 12.1 Å². The Morgan fingerprint density at radius 3 is 2.67 bits per heavy atom. The van der Waals surface area contributed by atoms with E-state index in [1.165, 1.54) is 0 Å². The molecule has 0 aliphatic rings. The molecular weight excluding hydrogens is 228 g/mol. The summed E-state index contributed by atoms with van der Waals surface area (Å²) in [7, 11) is 1.93. The summed E-state index contributed by atoms with van der Waals surface area (Å²) in [5, 5.41) is 11.1. The van der Waals surface area contributed by atoms with E-state index in [1.54, 1.807) is 6.33 Å². The van der Waals surface area contributed by atoms with Gasteiger partial charge in [-0.25, -0.2) is 0 Å². The van der Waals surface area contributed by atoms with Crippen molar-refractivity contribution in [2.75, 3.05) is 11.9 Å². The van der Waals surface area contributed by atoms with Crippen molar-refractivity contribution in [2.45, 2.75) is 19.9 Å². The van der Waals surface area contributed by atoms with Crippen LogP contribution in [-0.4, -0.2) is 21.4 Å². The molecule has 0 aliphatic carbocycles. The molecule has 1 N–H and O–H groups in total. The second-order valence-electron chi connectivity index (χ2n) is 4.08. The number of ether oxygens (including phenoxy) is 1. The lowest BCUT2D eigenvalue weighted by atomic mass is 10.3. The van der Waals surface area contributed by atoms with Gasteiger partial charge in [0.25, 0.3) is 0 Å². The van der Waals surface area contributed by atoms with E-state index in [-0.39, 0.29) is 0 Å². The summed E-state index contributed by atoms with van der Waals surface area (Å²) < 4.78 is 7.42.